The summed E-state index contributed by atoms with van der Waals surface area (Å²) in [4.78, 5) is 2.41. The molecule has 1 atom stereocenters. The molecule has 3 heteroatoms. The molecule has 3 nitrogen and oxygen atoms in total. The van der Waals surface area contributed by atoms with Crippen molar-refractivity contribution in [2.45, 2.75) is 18.9 Å². The Hall–Kier alpha value is -0.900. The Morgan fingerprint density at radius 2 is 1.94 bits per heavy atom. The van der Waals surface area contributed by atoms with E-state index in [0.717, 1.165) is 44.6 Å². The number of nitrogens with zero attached hydrogens (tertiary/aromatic N) is 1. The molecule has 0 amide bonds. The predicted molar refractivity (Wildman–Crippen MR) is 72.4 cm³/mol. The number of methoxy groups -OCH3 is 1. The molecule has 1 fully saturated rings. The third kappa shape index (κ3) is 3.55. The lowest BCUT2D eigenvalue weighted by Gasteiger charge is -2.34. The van der Waals surface area contributed by atoms with Crippen molar-refractivity contribution in [1.82, 2.24) is 4.90 Å². The summed E-state index contributed by atoms with van der Waals surface area (Å²) in [6.07, 6.45) is 1.83. The summed E-state index contributed by atoms with van der Waals surface area (Å²) < 4.78 is 5.10. The molecule has 1 aliphatic rings. The van der Waals surface area contributed by atoms with E-state index in [1.54, 1.807) is 7.11 Å². The summed E-state index contributed by atoms with van der Waals surface area (Å²) in [5, 5.41) is 10.4. The zero-order chi connectivity index (χ0) is 12.8. The van der Waals surface area contributed by atoms with Gasteiger partial charge >= 0.3 is 0 Å². The first-order chi connectivity index (χ1) is 8.81. The second-order valence-electron chi connectivity index (χ2n) is 5.03. The second-order valence-corrected chi connectivity index (χ2v) is 5.03. The molecular formula is C15H23NO2. The Labute approximate surface area is 109 Å². The van der Waals surface area contributed by atoms with Crippen molar-refractivity contribution in [3.8, 4) is 0 Å². The molecule has 1 unspecified atom stereocenters. The minimum atomic E-state index is -0.309. The highest BCUT2D eigenvalue weighted by atomic mass is 16.5. The van der Waals surface area contributed by atoms with Gasteiger partial charge in [-0.15, -0.1) is 0 Å². The van der Waals surface area contributed by atoms with Gasteiger partial charge in [0.2, 0.25) is 0 Å². The smallest absolute Gasteiger partial charge is 0.0819 e. The van der Waals surface area contributed by atoms with Crippen molar-refractivity contribution >= 4 is 0 Å². The Kier molecular flexibility index (Phi) is 5.17. The first-order valence-corrected chi connectivity index (χ1v) is 6.75. The summed E-state index contributed by atoms with van der Waals surface area (Å²) >= 11 is 0. The van der Waals surface area contributed by atoms with Gasteiger partial charge in [0.25, 0.3) is 0 Å². The highest BCUT2D eigenvalue weighted by Crippen LogP contribution is 2.30. The van der Waals surface area contributed by atoms with Crippen LogP contribution in [-0.2, 0) is 4.74 Å². The van der Waals surface area contributed by atoms with Gasteiger partial charge in [-0.05, 0) is 37.4 Å². The van der Waals surface area contributed by atoms with Crippen molar-refractivity contribution in [2.24, 2.45) is 5.92 Å². The summed E-state index contributed by atoms with van der Waals surface area (Å²) in [5.41, 5.74) is 1.05. The van der Waals surface area contributed by atoms with Crippen LogP contribution in [0.1, 0.15) is 24.5 Å². The Bertz CT molecular complexity index is 334. The van der Waals surface area contributed by atoms with Crippen LogP contribution in [0.2, 0.25) is 0 Å². The van der Waals surface area contributed by atoms with Crippen molar-refractivity contribution < 1.29 is 9.84 Å². The Morgan fingerprint density at radius 1 is 1.28 bits per heavy atom. The molecular weight excluding hydrogens is 226 g/mol. The minimum absolute atomic E-state index is 0.309. The van der Waals surface area contributed by atoms with Gasteiger partial charge in [0, 0.05) is 13.7 Å². The molecule has 0 radical (unpaired) electrons. The quantitative estimate of drug-likeness (QED) is 0.867. The number of aliphatic hydroxyl groups excluding tert-OH is 1. The molecule has 0 aromatic heterocycles. The number of ether oxygens (including phenoxy) is 1. The average Bonchev–Trinajstić information content (AvgIpc) is 2.46. The molecule has 0 aliphatic carbocycles. The fourth-order valence-electron chi connectivity index (χ4n) is 2.64. The Morgan fingerprint density at radius 3 is 2.56 bits per heavy atom. The van der Waals surface area contributed by atoms with Crippen LogP contribution in [0, 0.1) is 5.92 Å². The van der Waals surface area contributed by atoms with E-state index < -0.39 is 0 Å². The van der Waals surface area contributed by atoms with Crippen LogP contribution in [0.3, 0.4) is 0 Å². The van der Waals surface area contributed by atoms with Gasteiger partial charge < -0.3 is 14.7 Å². The molecule has 1 aromatic rings. The molecule has 1 aromatic carbocycles. The van der Waals surface area contributed by atoms with E-state index >= 15 is 0 Å². The van der Waals surface area contributed by atoms with E-state index in [1.165, 1.54) is 0 Å². The lowest BCUT2D eigenvalue weighted by Crippen LogP contribution is -2.37. The molecule has 1 heterocycles. The van der Waals surface area contributed by atoms with E-state index in [4.69, 9.17) is 4.74 Å². The minimum Gasteiger partial charge on any atom is -0.388 e. The molecule has 0 bridgehead atoms. The highest BCUT2D eigenvalue weighted by molar-refractivity contribution is 5.18. The fraction of sp³-hybridized carbons (Fsp3) is 0.600. The van der Waals surface area contributed by atoms with Crippen LogP contribution in [0.5, 0.6) is 0 Å². The number of benzene rings is 1. The van der Waals surface area contributed by atoms with E-state index in [-0.39, 0.29) is 6.10 Å². The van der Waals surface area contributed by atoms with Crippen LogP contribution in [0.15, 0.2) is 30.3 Å². The number of likely N-dealkylation sites (tertiary alicyclic amines) is 1. The fourth-order valence-corrected chi connectivity index (χ4v) is 2.64. The van der Waals surface area contributed by atoms with Gasteiger partial charge in [0.05, 0.1) is 12.7 Å². The topological polar surface area (TPSA) is 32.7 Å². The number of hydrogen-bond acceptors (Lipinski definition) is 3. The van der Waals surface area contributed by atoms with Gasteiger partial charge in [-0.25, -0.2) is 0 Å². The summed E-state index contributed by atoms with van der Waals surface area (Å²) in [5.74, 6) is 0.395. The van der Waals surface area contributed by atoms with Gasteiger partial charge in [0.1, 0.15) is 0 Å². The summed E-state index contributed by atoms with van der Waals surface area (Å²) in [6.45, 7) is 3.94. The molecule has 1 saturated heterocycles. The lowest BCUT2D eigenvalue weighted by atomic mass is 9.87. The zero-order valence-electron chi connectivity index (χ0n) is 11.1. The first-order valence-electron chi connectivity index (χ1n) is 6.75. The van der Waals surface area contributed by atoms with Crippen molar-refractivity contribution in [1.29, 1.82) is 0 Å². The summed E-state index contributed by atoms with van der Waals surface area (Å²) in [6, 6.07) is 10.0. The van der Waals surface area contributed by atoms with Crippen molar-refractivity contribution in [3.63, 3.8) is 0 Å². The third-order valence-electron chi connectivity index (χ3n) is 3.83. The molecule has 1 aliphatic heterocycles. The maximum Gasteiger partial charge on any atom is 0.0819 e. The van der Waals surface area contributed by atoms with Crippen LogP contribution >= 0.6 is 0 Å². The molecule has 0 saturated carbocycles. The maximum atomic E-state index is 10.4. The van der Waals surface area contributed by atoms with E-state index in [0.29, 0.717) is 5.92 Å². The van der Waals surface area contributed by atoms with Gasteiger partial charge in [-0.3, -0.25) is 0 Å². The molecule has 18 heavy (non-hydrogen) atoms. The van der Waals surface area contributed by atoms with Crippen LogP contribution < -0.4 is 0 Å². The number of piperidine rings is 1. The number of aliphatic hydroxyl groups is 1. The summed E-state index contributed by atoms with van der Waals surface area (Å²) in [7, 11) is 1.74. The standard InChI is InChI=1S/C15H23NO2/c1-18-12-11-16-9-7-14(8-10-16)15(17)13-5-3-2-4-6-13/h2-6,14-15,17H,7-12H2,1H3. The average molecular weight is 249 g/mol. The van der Waals surface area contributed by atoms with Gasteiger partial charge in [-0.1, -0.05) is 30.3 Å². The first kappa shape index (κ1) is 13.5. The van der Waals surface area contributed by atoms with Crippen molar-refractivity contribution in [3.05, 3.63) is 35.9 Å². The number of rotatable bonds is 5. The van der Waals surface area contributed by atoms with E-state index in [9.17, 15) is 5.11 Å². The lowest BCUT2D eigenvalue weighted by molar-refractivity contribution is 0.0501. The highest BCUT2D eigenvalue weighted by Gasteiger charge is 2.25. The normalized spacial score (nSPS) is 19.9. The van der Waals surface area contributed by atoms with Crippen LogP contribution in [0.25, 0.3) is 0 Å². The second kappa shape index (κ2) is 6.88. The number of hydrogen-bond donors (Lipinski definition) is 1. The molecule has 100 valence electrons. The van der Waals surface area contributed by atoms with Crippen LogP contribution in [0.4, 0.5) is 0 Å². The van der Waals surface area contributed by atoms with Crippen molar-refractivity contribution in [2.75, 3.05) is 33.4 Å². The Balaban J connectivity index is 1.82. The predicted octanol–water partition coefficient (Wildman–Crippen LogP) is 2.08. The monoisotopic (exact) mass is 249 g/mol. The van der Waals surface area contributed by atoms with E-state index in [2.05, 4.69) is 4.90 Å². The van der Waals surface area contributed by atoms with E-state index in [1.807, 2.05) is 30.3 Å². The van der Waals surface area contributed by atoms with Gasteiger partial charge in [0.15, 0.2) is 0 Å². The third-order valence-corrected chi connectivity index (χ3v) is 3.83. The van der Waals surface area contributed by atoms with Crippen LogP contribution in [-0.4, -0.2) is 43.4 Å². The zero-order valence-corrected chi connectivity index (χ0v) is 11.1. The maximum absolute atomic E-state index is 10.4. The molecule has 2 rings (SSSR count). The molecule has 1 N–H and O–H groups in total. The molecule has 0 spiro atoms. The SMILES string of the molecule is COCCN1CCC(C(O)c2ccccc2)CC1. The van der Waals surface area contributed by atoms with Gasteiger partial charge in [-0.2, -0.15) is 0 Å². The largest absolute Gasteiger partial charge is 0.388 e.